The average molecular weight is 230 g/mol. The highest BCUT2D eigenvalue weighted by molar-refractivity contribution is 7.99. The fourth-order valence-corrected chi connectivity index (χ4v) is 2.76. The van der Waals surface area contributed by atoms with Crippen molar-refractivity contribution < 1.29 is 4.79 Å². The van der Waals surface area contributed by atoms with Crippen molar-refractivity contribution in [2.45, 2.75) is 32.7 Å². The minimum Gasteiger partial charge on any atom is -0.355 e. The van der Waals surface area contributed by atoms with E-state index in [0.717, 1.165) is 13.0 Å². The highest BCUT2D eigenvalue weighted by Gasteiger charge is 2.15. The Morgan fingerprint density at radius 3 is 3.00 bits per heavy atom. The van der Waals surface area contributed by atoms with Crippen molar-refractivity contribution in [3.63, 3.8) is 0 Å². The molecule has 0 aromatic rings. The number of hydrogen-bond acceptors (Lipinski definition) is 3. The summed E-state index contributed by atoms with van der Waals surface area (Å²) in [6, 6.07) is 0.429. The molecule has 1 aliphatic rings. The van der Waals surface area contributed by atoms with E-state index < -0.39 is 0 Å². The molecule has 1 saturated heterocycles. The molecule has 0 saturated carbocycles. The quantitative estimate of drug-likeness (QED) is 0.721. The van der Waals surface area contributed by atoms with Gasteiger partial charge in [-0.2, -0.15) is 11.8 Å². The second-order valence-corrected chi connectivity index (χ2v) is 5.37. The fraction of sp³-hybridized carbons (Fsp3) is 0.909. The van der Waals surface area contributed by atoms with E-state index in [4.69, 9.17) is 0 Å². The summed E-state index contributed by atoms with van der Waals surface area (Å²) in [4.78, 5) is 11.4. The molecule has 0 bridgehead atoms. The van der Waals surface area contributed by atoms with E-state index in [0.29, 0.717) is 18.5 Å². The number of hydrogen-bond donors (Lipinski definition) is 2. The third-order valence-electron chi connectivity index (χ3n) is 2.84. The van der Waals surface area contributed by atoms with Crippen molar-refractivity contribution in [3.05, 3.63) is 0 Å². The predicted molar refractivity (Wildman–Crippen MR) is 66.2 cm³/mol. The van der Waals surface area contributed by atoms with Gasteiger partial charge < -0.3 is 10.6 Å². The first-order chi connectivity index (χ1) is 7.22. The molecule has 0 aromatic heterocycles. The molecule has 2 unspecified atom stereocenters. The zero-order chi connectivity index (χ0) is 11.1. The highest BCUT2D eigenvalue weighted by Crippen LogP contribution is 2.22. The van der Waals surface area contributed by atoms with E-state index in [1.165, 1.54) is 17.9 Å². The molecule has 88 valence electrons. The number of carbonyl (C=O) groups is 1. The summed E-state index contributed by atoms with van der Waals surface area (Å²) in [7, 11) is 0. The summed E-state index contributed by atoms with van der Waals surface area (Å²) in [5.74, 6) is 3.29. The Bertz CT molecular complexity index is 193. The van der Waals surface area contributed by atoms with Crippen LogP contribution >= 0.6 is 11.8 Å². The van der Waals surface area contributed by atoms with Crippen LogP contribution in [0.25, 0.3) is 0 Å². The summed E-state index contributed by atoms with van der Waals surface area (Å²) in [5.41, 5.74) is 0. The molecule has 4 heteroatoms. The first kappa shape index (κ1) is 12.8. The Kier molecular flexibility index (Phi) is 6.10. The first-order valence-corrected chi connectivity index (χ1v) is 6.95. The molecule has 15 heavy (non-hydrogen) atoms. The average Bonchev–Trinajstić information content (AvgIpc) is 2.75. The molecular weight excluding hydrogens is 208 g/mol. The van der Waals surface area contributed by atoms with Crippen molar-refractivity contribution in [2.75, 3.05) is 24.6 Å². The van der Waals surface area contributed by atoms with E-state index >= 15 is 0 Å². The molecule has 0 spiro atoms. The zero-order valence-corrected chi connectivity index (χ0v) is 10.5. The van der Waals surface area contributed by atoms with Gasteiger partial charge in [-0.05, 0) is 37.2 Å². The van der Waals surface area contributed by atoms with Gasteiger partial charge in [0.1, 0.15) is 0 Å². The van der Waals surface area contributed by atoms with Crippen LogP contribution in [0.4, 0.5) is 0 Å². The Hall–Kier alpha value is -0.220. The molecule has 1 fully saturated rings. The predicted octanol–water partition coefficient (Wildman–Crippen LogP) is 1.24. The van der Waals surface area contributed by atoms with E-state index in [2.05, 4.69) is 24.5 Å². The summed E-state index contributed by atoms with van der Waals surface area (Å²) in [6.45, 7) is 5.52. The van der Waals surface area contributed by atoms with Crippen LogP contribution in [0.1, 0.15) is 26.7 Å². The van der Waals surface area contributed by atoms with Gasteiger partial charge in [0.2, 0.25) is 5.91 Å². The van der Waals surface area contributed by atoms with Crippen LogP contribution in [0.15, 0.2) is 0 Å². The third kappa shape index (κ3) is 5.42. The Morgan fingerprint density at radius 2 is 2.40 bits per heavy atom. The molecular formula is C11H22N2OS. The molecule has 1 rings (SSSR count). The Labute approximate surface area is 96.8 Å². The largest absolute Gasteiger partial charge is 0.355 e. The molecule has 2 N–H and O–H groups in total. The summed E-state index contributed by atoms with van der Waals surface area (Å²) in [5, 5.41) is 6.18. The molecule has 1 aliphatic heterocycles. The van der Waals surface area contributed by atoms with E-state index in [9.17, 15) is 4.79 Å². The van der Waals surface area contributed by atoms with Gasteiger partial charge in [0, 0.05) is 12.6 Å². The smallest absolute Gasteiger partial charge is 0.233 e. The maximum Gasteiger partial charge on any atom is 0.233 e. The lowest BCUT2D eigenvalue weighted by Crippen LogP contribution is -2.39. The lowest BCUT2D eigenvalue weighted by Gasteiger charge is -2.13. The van der Waals surface area contributed by atoms with Gasteiger partial charge in [0.05, 0.1) is 6.54 Å². The van der Waals surface area contributed by atoms with Crippen molar-refractivity contribution in [2.24, 2.45) is 5.92 Å². The van der Waals surface area contributed by atoms with Crippen molar-refractivity contribution in [1.29, 1.82) is 0 Å². The molecule has 2 atom stereocenters. The van der Waals surface area contributed by atoms with Gasteiger partial charge in [-0.25, -0.2) is 0 Å². The second-order valence-electron chi connectivity index (χ2n) is 4.22. The third-order valence-corrected chi connectivity index (χ3v) is 4.07. The minimum absolute atomic E-state index is 0.132. The van der Waals surface area contributed by atoms with Gasteiger partial charge in [0.25, 0.3) is 0 Å². The first-order valence-electron chi connectivity index (χ1n) is 5.80. The van der Waals surface area contributed by atoms with Crippen LogP contribution in [0.5, 0.6) is 0 Å². The monoisotopic (exact) mass is 230 g/mol. The number of nitrogens with one attached hydrogen (secondary N) is 2. The highest BCUT2D eigenvalue weighted by atomic mass is 32.2. The van der Waals surface area contributed by atoms with Crippen LogP contribution in [0.2, 0.25) is 0 Å². The molecule has 0 radical (unpaired) electrons. The lowest BCUT2D eigenvalue weighted by molar-refractivity contribution is -0.120. The van der Waals surface area contributed by atoms with Crippen LogP contribution in [0.3, 0.4) is 0 Å². The SMILES string of the molecule is CCC(C)NCC(=O)NCC1CCSC1. The maximum absolute atomic E-state index is 11.4. The van der Waals surface area contributed by atoms with Crippen molar-refractivity contribution in [3.8, 4) is 0 Å². The summed E-state index contributed by atoms with van der Waals surface area (Å²) >= 11 is 1.99. The molecule has 0 aromatic carbocycles. The van der Waals surface area contributed by atoms with Crippen molar-refractivity contribution in [1.82, 2.24) is 10.6 Å². The van der Waals surface area contributed by atoms with Crippen LogP contribution in [0, 0.1) is 5.92 Å². The lowest BCUT2D eigenvalue weighted by atomic mass is 10.1. The second kappa shape index (κ2) is 7.12. The summed E-state index contributed by atoms with van der Waals surface area (Å²) < 4.78 is 0. The van der Waals surface area contributed by atoms with Gasteiger partial charge >= 0.3 is 0 Å². The topological polar surface area (TPSA) is 41.1 Å². The molecule has 0 aliphatic carbocycles. The van der Waals surface area contributed by atoms with Gasteiger partial charge in [-0.3, -0.25) is 4.79 Å². The van der Waals surface area contributed by atoms with E-state index in [1.807, 2.05) is 11.8 Å². The van der Waals surface area contributed by atoms with E-state index in [-0.39, 0.29) is 5.91 Å². The Morgan fingerprint density at radius 1 is 1.60 bits per heavy atom. The maximum atomic E-state index is 11.4. The standard InChI is InChI=1S/C11H22N2OS/c1-3-9(2)12-7-11(14)13-6-10-4-5-15-8-10/h9-10,12H,3-8H2,1-2H3,(H,13,14). The number of amides is 1. The van der Waals surface area contributed by atoms with Crippen LogP contribution in [-0.4, -0.2) is 36.5 Å². The van der Waals surface area contributed by atoms with Crippen molar-refractivity contribution >= 4 is 17.7 Å². The van der Waals surface area contributed by atoms with E-state index in [1.54, 1.807) is 0 Å². The normalized spacial score (nSPS) is 22.7. The number of thioether (sulfide) groups is 1. The number of rotatable bonds is 6. The zero-order valence-electron chi connectivity index (χ0n) is 9.71. The van der Waals surface area contributed by atoms with Crippen LogP contribution in [-0.2, 0) is 4.79 Å². The van der Waals surface area contributed by atoms with Gasteiger partial charge in [-0.1, -0.05) is 6.92 Å². The number of carbonyl (C=O) groups excluding carboxylic acids is 1. The van der Waals surface area contributed by atoms with Crippen LogP contribution < -0.4 is 10.6 Å². The van der Waals surface area contributed by atoms with Gasteiger partial charge in [0.15, 0.2) is 0 Å². The minimum atomic E-state index is 0.132. The molecule has 1 amide bonds. The van der Waals surface area contributed by atoms with Gasteiger partial charge in [-0.15, -0.1) is 0 Å². The fourth-order valence-electron chi connectivity index (χ4n) is 1.48. The molecule has 1 heterocycles. The summed E-state index contributed by atoms with van der Waals surface area (Å²) in [6.07, 6.45) is 2.32. The molecule has 3 nitrogen and oxygen atoms in total. The Balaban J connectivity index is 2.02.